The molecular weight excluding hydrogens is 336 g/mol. The summed E-state index contributed by atoms with van der Waals surface area (Å²) < 4.78 is 1.06. The Kier molecular flexibility index (Phi) is 6.11. The fraction of sp³-hybridized carbons (Fsp3) is 0.583. The maximum Gasteiger partial charge on any atom is 0.225 e. The summed E-state index contributed by atoms with van der Waals surface area (Å²) in [5, 5.41) is 3.13. The Morgan fingerprint density at radius 1 is 1.44 bits per heavy atom. The van der Waals surface area contributed by atoms with Gasteiger partial charge in [0.05, 0.1) is 15.7 Å². The van der Waals surface area contributed by atoms with Crippen molar-refractivity contribution >= 4 is 45.6 Å². The van der Waals surface area contributed by atoms with Gasteiger partial charge in [-0.3, -0.25) is 4.79 Å². The zero-order valence-corrected chi connectivity index (χ0v) is 13.3. The molecule has 0 saturated heterocycles. The third-order valence-corrected chi connectivity index (χ3v) is 4.94. The van der Waals surface area contributed by atoms with Crippen LogP contribution < -0.4 is 11.1 Å². The molecule has 3 N–H and O–H groups in total. The van der Waals surface area contributed by atoms with Crippen molar-refractivity contribution in [1.82, 2.24) is 5.32 Å². The molecule has 0 aromatic carbocycles. The summed E-state index contributed by atoms with van der Waals surface area (Å²) >= 11 is 5.01. The number of hydrogen-bond acceptors (Lipinski definition) is 3. The second kappa shape index (κ2) is 6.89. The minimum absolute atomic E-state index is 0. The van der Waals surface area contributed by atoms with Gasteiger partial charge in [0.2, 0.25) is 5.91 Å². The summed E-state index contributed by atoms with van der Waals surface area (Å²) in [4.78, 5) is 13.0. The van der Waals surface area contributed by atoms with Crippen LogP contribution in [0.4, 0.5) is 0 Å². The number of hydrogen-bond donors (Lipinski definition) is 2. The molecule has 3 nitrogen and oxygen atoms in total. The predicted molar refractivity (Wildman–Crippen MR) is 81.4 cm³/mol. The van der Waals surface area contributed by atoms with Gasteiger partial charge in [0.25, 0.3) is 0 Å². The van der Waals surface area contributed by atoms with Gasteiger partial charge in [-0.25, -0.2) is 0 Å². The van der Waals surface area contributed by atoms with Gasteiger partial charge in [-0.1, -0.05) is 12.8 Å². The second-order valence-electron chi connectivity index (χ2n) is 4.62. The van der Waals surface area contributed by atoms with Crippen molar-refractivity contribution in [3.05, 3.63) is 20.8 Å². The number of rotatable bonds is 4. The Morgan fingerprint density at radius 3 is 2.61 bits per heavy atom. The highest BCUT2D eigenvalue weighted by Crippen LogP contribution is 2.29. The number of nitrogens with one attached hydrogen (secondary N) is 1. The fourth-order valence-corrected chi connectivity index (χ4v) is 3.86. The number of amides is 1. The summed E-state index contributed by atoms with van der Waals surface area (Å²) in [7, 11) is 0. The van der Waals surface area contributed by atoms with Crippen LogP contribution in [0.1, 0.15) is 30.6 Å². The molecule has 0 spiro atoms. The van der Waals surface area contributed by atoms with Crippen LogP contribution in [0.5, 0.6) is 0 Å². The van der Waals surface area contributed by atoms with E-state index in [1.54, 1.807) is 11.3 Å². The van der Waals surface area contributed by atoms with Crippen molar-refractivity contribution in [2.24, 2.45) is 5.73 Å². The van der Waals surface area contributed by atoms with E-state index in [1.165, 1.54) is 12.8 Å². The molecule has 0 radical (unpaired) electrons. The summed E-state index contributed by atoms with van der Waals surface area (Å²) in [6, 6.07) is 3.96. The van der Waals surface area contributed by atoms with Crippen LogP contribution in [-0.2, 0) is 11.2 Å². The van der Waals surface area contributed by atoms with E-state index in [2.05, 4.69) is 21.2 Å². The SMILES string of the molecule is Cl.NCC1(NC(=O)Cc2ccc(Br)s2)CCCC1. The lowest BCUT2D eigenvalue weighted by Crippen LogP contribution is -2.52. The molecule has 1 aliphatic rings. The van der Waals surface area contributed by atoms with E-state index in [-0.39, 0.29) is 23.9 Å². The van der Waals surface area contributed by atoms with Crippen LogP contribution >= 0.6 is 39.7 Å². The fourth-order valence-electron chi connectivity index (χ4n) is 2.38. The zero-order chi connectivity index (χ0) is 12.3. The molecule has 1 aromatic rings. The van der Waals surface area contributed by atoms with Gasteiger partial charge in [-0.15, -0.1) is 23.7 Å². The molecule has 1 fully saturated rings. The van der Waals surface area contributed by atoms with Crippen LogP contribution in [0.2, 0.25) is 0 Å². The lowest BCUT2D eigenvalue weighted by atomic mass is 9.97. The largest absolute Gasteiger partial charge is 0.349 e. The summed E-state index contributed by atoms with van der Waals surface area (Å²) in [6.45, 7) is 0.548. The lowest BCUT2D eigenvalue weighted by molar-refractivity contribution is -0.122. The molecule has 0 aliphatic heterocycles. The van der Waals surface area contributed by atoms with Crippen LogP contribution in [0.3, 0.4) is 0 Å². The number of carbonyl (C=O) groups excluding carboxylic acids is 1. The number of nitrogens with two attached hydrogens (primary N) is 1. The van der Waals surface area contributed by atoms with Crippen molar-refractivity contribution in [3.8, 4) is 0 Å². The third kappa shape index (κ3) is 3.95. The van der Waals surface area contributed by atoms with Crippen molar-refractivity contribution in [2.75, 3.05) is 6.54 Å². The average molecular weight is 354 g/mol. The molecule has 2 rings (SSSR count). The summed E-state index contributed by atoms with van der Waals surface area (Å²) in [6.07, 6.45) is 4.83. The molecule has 0 unspecified atom stereocenters. The molecule has 6 heteroatoms. The predicted octanol–water partition coefficient (Wildman–Crippen LogP) is 2.86. The van der Waals surface area contributed by atoms with E-state index in [1.807, 2.05) is 12.1 Å². The van der Waals surface area contributed by atoms with E-state index in [4.69, 9.17) is 5.73 Å². The molecule has 1 amide bonds. The minimum atomic E-state index is -0.133. The molecule has 102 valence electrons. The van der Waals surface area contributed by atoms with Crippen molar-refractivity contribution < 1.29 is 4.79 Å². The maximum absolute atomic E-state index is 12.0. The molecule has 1 aliphatic carbocycles. The van der Waals surface area contributed by atoms with E-state index >= 15 is 0 Å². The maximum atomic E-state index is 12.0. The van der Waals surface area contributed by atoms with E-state index in [0.29, 0.717) is 13.0 Å². The monoisotopic (exact) mass is 352 g/mol. The number of carbonyl (C=O) groups is 1. The van der Waals surface area contributed by atoms with E-state index in [9.17, 15) is 4.79 Å². The highest BCUT2D eigenvalue weighted by molar-refractivity contribution is 9.11. The summed E-state index contributed by atoms with van der Waals surface area (Å²) in [5.74, 6) is 0.0895. The molecule has 0 bridgehead atoms. The molecule has 0 atom stereocenters. The quantitative estimate of drug-likeness (QED) is 0.874. The van der Waals surface area contributed by atoms with E-state index in [0.717, 1.165) is 21.5 Å². The molecule has 1 aromatic heterocycles. The normalized spacial score (nSPS) is 17.2. The standard InChI is InChI=1S/C12H17BrN2OS.ClH/c13-10-4-3-9(17-10)7-11(16)15-12(8-14)5-1-2-6-12;/h3-4H,1-2,5-8,14H2,(H,15,16);1H. The topological polar surface area (TPSA) is 55.1 Å². The smallest absolute Gasteiger partial charge is 0.225 e. The van der Waals surface area contributed by atoms with Crippen molar-refractivity contribution in [1.29, 1.82) is 0 Å². The van der Waals surface area contributed by atoms with E-state index < -0.39 is 0 Å². The Hall–Kier alpha value is -0.100. The first-order valence-electron chi connectivity index (χ1n) is 5.89. The Labute approximate surface area is 126 Å². The lowest BCUT2D eigenvalue weighted by Gasteiger charge is -2.28. The molecular formula is C12H18BrClN2OS. The summed E-state index contributed by atoms with van der Waals surface area (Å²) in [5.41, 5.74) is 5.66. The first-order chi connectivity index (χ1) is 8.13. The zero-order valence-electron chi connectivity index (χ0n) is 10.1. The highest BCUT2D eigenvalue weighted by Gasteiger charge is 2.33. The number of thiophene rings is 1. The first-order valence-corrected chi connectivity index (χ1v) is 7.50. The Morgan fingerprint density at radius 2 is 2.11 bits per heavy atom. The van der Waals surface area contributed by atoms with Gasteiger partial charge in [0.1, 0.15) is 0 Å². The molecule has 1 saturated carbocycles. The van der Waals surface area contributed by atoms with Crippen LogP contribution in [0, 0.1) is 0 Å². The van der Waals surface area contributed by atoms with Crippen molar-refractivity contribution in [3.63, 3.8) is 0 Å². The first kappa shape index (κ1) is 16.0. The molecule has 18 heavy (non-hydrogen) atoms. The minimum Gasteiger partial charge on any atom is -0.349 e. The van der Waals surface area contributed by atoms with Gasteiger partial charge in [0, 0.05) is 11.4 Å². The average Bonchev–Trinajstić information content (AvgIpc) is 2.89. The van der Waals surface area contributed by atoms with Crippen LogP contribution in [0.15, 0.2) is 15.9 Å². The Bertz CT molecular complexity index is 405. The highest BCUT2D eigenvalue weighted by atomic mass is 79.9. The van der Waals surface area contributed by atoms with Gasteiger partial charge in [0.15, 0.2) is 0 Å². The van der Waals surface area contributed by atoms with Crippen LogP contribution in [-0.4, -0.2) is 18.0 Å². The number of halogens is 2. The third-order valence-electron chi connectivity index (χ3n) is 3.32. The van der Waals surface area contributed by atoms with Crippen LogP contribution in [0.25, 0.3) is 0 Å². The van der Waals surface area contributed by atoms with Gasteiger partial charge in [-0.05, 0) is 40.9 Å². The van der Waals surface area contributed by atoms with Gasteiger partial charge in [-0.2, -0.15) is 0 Å². The Balaban J connectivity index is 0.00000162. The van der Waals surface area contributed by atoms with Gasteiger partial charge >= 0.3 is 0 Å². The van der Waals surface area contributed by atoms with Gasteiger partial charge < -0.3 is 11.1 Å². The second-order valence-corrected chi connectivity index (χ2v) is 7.17. The molecule has 1 heterocycles. The van der Waals surface area contributed by atoms with Crippen molar-refractivity contribution in [2.45, 2.75) is 37.6 Å².